The molecule has 0 saturated heterocycles. The predicted octanol–water partition coefficient (Wildman–Crippen LogP) is 3.34. The third kappa shape index (κ3) is 4.80. The van der Waals surface area contributed by atoms with E-state index in [1.165, 1.54) is 13.8 Å². The average Bonchev–Trinajstić information content (AvgIpc) is 2.90. The standard InChI is InChI=1S/C16H18N2O3S2/c1-10-17-12(8-22-10)9-23-13-6-4-11(5-7-13)14(19)18-16(2,3)15(20)21/h4-8H,9H2,1-3H3,(H,18,19)(H,20,21). The number of aromatic nitrogens is 1. The average molecular weight is 350 g/mol. The van der Waals surface area contributed by atoms with Crippen LogP contribution in [0, 0.1) is 6.92 Å². The van der Waals surface area contributed by atoms with Crippen molar-refractivity contribution in [1.82, 2.24) is 10.3 Å². The molecular formula is C16H18N2O3S2. The van der Waals surface area contributed by atoms with Gasteiger partial charge in [0.1, 0.15) is 5.54 Å². The molecule has 0 unspecified atom stereocenters. The minimum atomic E-state index is -1.30. The number of carboxylic acid groups (broad SMARTS) is 1. The number of nitrogens with zero attached hydrogens (tertiary/aromatic N) is 1. The van der Waals surface area contributed by atoms with E-state index in [4.69, 9.17) is 5.11 Å². The summed E-state index contributed by atoms with van der Waals surface area (Å²) in [4.78, 5) is 28.5. The molecule has 0 radical (unpaired) electrons. The fourth-order valence-electron chi connectivity index (χ4n) is 1.74. The van der Waals surface area contributed by atoms with Crippen molar-refractivity contribution >= 4 is 35.0 Å². The van der Waals surface area contributed by atoms with Crippen LogP contribution < -0.4 is 5.32 Å². The van der Waals surface area contributed by atoms with Gasteiger partial charge in [0, 0.05) is 21.6 Å². The molecule has 1 aromatic heterocycles. The Hall–Kier alpha value is -1.86. The second-order valence-corrected chi connectivity index (χ2v) is 7.67. The summed E-state index contributed by atoms with van der Waals surface area (Å²) in [6.07, 6.45) is 0. The zero-order chi connectivity index (χ0) is 17.0. The molecule has 0 aliphatic carbocycles. The molecule has 2 N–H and O–H groups in total. The molecule has 5 nitrogen and oxygen atoms in total. The lowest BCUT2D eigenvalue weighted by atomic mass is 10.1. The van der Waals surface area contributed by atoms with Gasteiger partial charge in [-0.2, -0.15) is 0 Å². The van der Waals surface area contributed by atoms with E-state index in [1.807, 2.05) is 24.4 Å². The topological polar surface area (TPSA) is 79.3 Å². The first kappa shape index (κ1) is 17.5. The molecule has 2 aromatic rings. The highest BCUT2D eigenvalue weighted by atomic mass is 32.2. The van der Waals surface area contributed by atoms with E-state index in [-0.39, 0.29) is 0 Å². The van der Waals surface area contributed by atoms with Gasteiger partial charge in [0.15, 0.2) is 0 Å². The summed E-state index contributed by atoms with van der Waals surface area (Å²) in [7, 11) is 0. The normalized spacial score (nSPS) is 11.3. The second kappa shape index (κ2) is 7.14. The SMILES string of the molecule is Cc1nc(CSc2ccc(C(=O)NC(C)(C)C(=O)O)cc2)cs1. The molecule has 2 rings (SSSR count). The third-order valence-electron chi connectivity index (χ3n) is 3.13. The first-order valence-electron chi connectivity index (χ1n) is 6.98. The minimum absolute atomic E-state index is 0.399. The van der Waals surface area contributed by atoms with E-state index in [0.717, 1.165) is 21.3 Å². The fourth-order valence-corrected chi connectivity index (χ4v) is 3.25. The predicted molar refractivity (Wildman–Crippen MR) is 92.0 cm³/mol. The van der Waals surface area contributed by atoms with Gasteiger partial charge in [0.2, 0.25) is 0 Å². The maximum Gasteiger partial charge on any atom is 0.328 e. The molecule has 122 valence electrons. The summed E-state index contributed by atoms with van der Waals surface area (Å²) >= 11 is 3.27. The van der Waals surface area contributed by atoms with Gasteiger partial charge in [-0.15, -0.1) is 23.1 Å². The lowest BCUT2D eigenvalue weighted by molar-refractivity contribution is -0.143. The summed E-state index contributed by atoms with van der Waals surface area (Å²) in [6.45, 7) is 4.88. The van der Waals surface area contributed by atoms with Crippen molar-refractivity contribution in [3.05, 3.63) is 45.9 Å². The van der Waals surface area contributed by atoms with Crippen LogP contribution >= 0.6 is 23.1 Å². The molecular weight excluding hydrogens is 332 g/mol. The maximum atomic E-state index is 12.1. The molecule has 0 atom stereocenters. The highest BCUT2D eigenvalue weighted by Crippen LogP contribution is 2.24. The summed E-state index contributed by atoms with van der Waals surface area (Å²) in [5.41, 5.74) is 0.184. The molecule has 1 aromatic carbocycles. The number of aryl methyl sites for hydroxylation is 1. The number of rotatable bonds is 6. The van der Waals surface area contributed by atoms with Crippen molar-refractivity contribution in [3.8, 4) is 0 Å². The summed E-state index contributed by atoms with van der Waals surface area (Å²) < 4.78 is 0. The lowest BCUT2D eigenvalue weighted by Gasteiger charge is -2.20. The Morgan fingerprint density at radius 3 is 2.48 bits per heavy atom. The van der Waals surface area contributed by atoms with Gasteiger partial charge in [-0.05, 0) is 45.0 Å². The van der Waals surface area contributed by atoms with Crippen LogP contribution in [0.4, 0.5) is 0 Å². The summed E-state index contributed by atoms with van der Waals surface area (Å²) in [5.74, 6) is -0.692. The van der Waals surface area contributed by atoms with E-state index in [0.29, 0.717) is 5.56 Å². The van der Waals surface area contributed by atoms with Crippen LogP contribution in [0.1, 0.15) is 34.9 Å². The molecule has 0 fully saturated rings. The monoisotopic (exact) mass is 350 g/mol. The first-order valence-corrected chi connectivity index (χ1v) is 8.84. The molecule has 7 heteroatoms. The lowest BCUT2D eigenvalue weighted by Crippen LogP contribution is -2.49. The van der Waals surface area contributed by atoms with Crippen molar-refractivity contribution < 1.29 is 14.7 Å². The Balaban J connectivity index is 1.96. The molecule has 0 aliphatic rings. The van der Waals surface area contributed by atoms with Crippen molar-refractivity contribution in [2.75, 3.05) is 0 Å². The van der Waals surface area contributed by atoms with Gasteiger partial charge in [-0.3, -0.25) is 4.79 Å². The number of hydrogen-bond donors (Lipinski definition) is 2. The molecule has 0 aliphatic heterocycles. The Morgan fingerprint density at radius 2 is 1.96 bits per heavy atom. The minimum Gasteiger partial charge on any atom is -0.480 e. The summed E-state index contributed by atoms with van der Waals surface area (Å²) in [5, 5.41) is 14.6. The number of thiazole rings is 1. The largest absolute Gasteiger partial charge is 0.480 e. The van der Waals surface area contributed by atoms with Crippen molar-refractivity contribution in [1.29, 1.82) is 0 Å². The zero-order valence-corrected chi connectivity index (χ0v) is 14.8. The fraction of sp³-hybridized carbons (Fsp3) is 0.312. The number of carboxylic acids is 1. The number of aliphatic carboxylic acids is 1. The van der Waals surface area contributed by atoms with E-state index in [2.05, 4.69) is 10.3 Å². The molecule has 0 saturated carbocycles. The number of carbonyl (C=O) groups is 2. The molecule has 23 heavy (non-hydrogen) atoms. The molecule has 0 bridgehead atoms. The second-order valence-electron chi connectivity index (χ2n) is 5.56. The molecule has 1 amide bonds. The van der Waals surface area contributed by atoms with Gasteiger partial charge >= 0.3 is 5.97 Å². The number of thioether (sulfide) groups is 1. The Kier molecular flexibility index (Phi) is 5.43. The van der Waals surface area contributed by atoms with Gasteiger partial charge in [-0.25, -0.2) is 9.78 Å². The highest BCUT2D eigenvalue weighted by Gasteiger charge is 2.29. The van der Waals surface area contributed by atoms with E-state index in [1.54, 1.807) is 35.2 Å². The van der Waals surface area contributed by atoms with Gasteiger partial charge in [0.05, 0.1) is 10.7 Å². The number of nitrogens with one attached hydrogen (secondary N) is 1. The quantitative estimate of drug-likeness (QED) is 0.781. The Morgan fingerprint density at radius 1 is 1.30 bits per heavy atom. The van der Waals surface area contributed by atoms with Crippen LogP contribution in [-0.2, 0) is 10.5 Å². The van der Waals surface area contributed by atoms with Gasteiger partial charge < -0.3 is 10.4 Å². The van der Waals surface area contributed by atoms with Gasteiger partial charge in [0.25, 0.3) is 5.91 Å². The number of carbonyl (C=O) groups excluding carboxylic acids is 1. The van der Waals surface area contributed by atoms with E-state index in [9.17, 15) is 9.59 Å². The van der Waals surface area contributed by atoms with Crippen LogP contribution in [0.5, 0.6) is 0 Å². The molecule has 0 spiro atoms. The summed E-state index contributed by atoms with van der Waals surface area (Å²) in [6, 6.07) is 7.10. The van der Waals surface area contributed by atoms with Crippen LogP contribution in [0.25, 0.3) is 0 Å². The zero-order valence-electron chi connectivity index (χ0n) is 13.1. The first-order chi connectivity index (χ1) is 10.8. The van der Waals surface area contributed by atoms with Crippen molar-refractivity contribution in [2.24, 2.45) is 0 Å². The van der Waals surface area contributed by atoms with Crippen molar-refractivity contribution in [2.45, 2.75) is 37.0 Å². The Bertz CT molecular complexity index is 708. The molecule has 1 heterocycles. The van der Waals surface area contributed by atoms with E-state index >= 15 is 0 Å². The van der Waals surface area contributed by atoms with Crippen LogP contribution in [0.3, 0.4) is 0 Å². The maximum absolute atomic E-state index is 12.1. The Labute approximate surface area is 143 Å². The van der Waals surface area contributed by atoms with Crippen molar-refractivity contribution in [3.63, 3.8) is 0 Å². The van der Waals surface area contributed by atoms with Crippen LogP contribution in [0.15, 0.2) is 34.5 Å². The van der Waals surface area contributed by atoms with Crippen LogP contribution in [0.2, 0.25) is 0 Å². The number of benzene rings is 1. The van der Waals surface area contributed by atoms with E-state index < -0.39 is 17.4 Å². The number of amides is 1. The third-order valence-corrected chi connectivity index (χ3v) is 5.00. The number of hydrogen-bond acceptors (Lipinski definition) is 5. The smallest absolute Gasteiger partial charge is 0.328 e. The van der Waals surface area contributed by atoms with Crippen LogP contribution in [-0.4, -0.2) is 27.5 Å². The highest BCUT2D eigenvalue weighted by molar-refractivity contribution is 7.98. The van der Waals surface area contributed by atoms with Gasteiger partial charge in [-0.1, -0.05) is 0 Å².